The van der Waals surface area contributed by atoms with Crippen LogP contribution in [0, 0.1) is 0 Å². The molecular weight excluding hydrogens is 145 g/mol. The van der Waals surface area contributed by atoms with Gasteiger partial charge in [-0.25, -0.2) is 0 Å². The average Bonchev–Trinajstić information content (AvgIpc) is 1.63. The van der Waals surface area contributed by atoms with Gasteiger partial charge in [0.2, 0.25) is 5.91 Å². The maximum absolute atomic E-state index is 10.2. The summed E-state index contributed by atoms with van der Waals surface area (Å²) in [4.78, 5) is 20.1. The number of carboxylic acid groups (broad SMARTS) is 1. The van der Waals surface area contributed by atoms with Crippen molar-refractivity contribution < 1.29 is 44.3 Å². The Hall–Kier alpha value is -0.0600. The van der Waals surface area contributed by atoms with Crippen molar-refractivity contribution >= 4 is 11.9 Å². The summed E-state index contributed by atoms with van der Waals surface area (Å²) in [5.74, 6) is -1.64. The van der Waals surface area contributed by atoms with E-state index in [-0.39, 0.29) is 35.5 Å². The molecule has 1 amide bonds. The van der Waals surface area contributed by atoms with Crippen molar-refractivity contribution in [1.29, 1.82) is 0 Å². The normalized spacial score (nSPS) is 11.0. The average molecular weight is 153 g/mol. The molecule has 4 nitrogen and oxygen atoms in total. The maximum atomic E-state index is 10.2. The fourth-order valence-corrected chi connectivity index (χ4v) is 0.364. The summed E-state index contributed by atoms with van der Waals surface area (Å²) in [6, 6.07) is -0.900. The summed E-state index contributed by atoms with van der Waals surface area (Å²) in [6.45, 7) is 2.59. The molecule has 0 aliphatic heterocycles. The minimum absolute atomic E-state index is 0. The molecule has 0 radical (unpaired) electrons. The van der Waals surface area contributed by atoms with E-state index < -0.39 is 12.0 Å². The van der Waals surface area contributed by atoms with Crippen LogP contribution >= 0.6 is 0 Å². The first-order chi connectivity index (χ1) is 4.04. The zero-order valence-corrected chi connectivity index (χ0v) is 8.30. The Morgan fingerprint density at radius 2 is 1.90 bits per heavy atom. The number of amides is 1. The fourth-order valence-electron chi connectivity index (χ4n) is 0.364. The second-order valence-corrected chi connectivity index (χ2v) is 1.74. The smallest absolute Gasteiger partial charge is 0.548 e. The Labute approximate surface area is 81.3 Å². The molecule has 0 fully saturated rings. The molecule has 0 aromatic heterocycles. The third-order valence-corrected chi connectivity index (χ3v) is 0.773. The molecule has 0 saturated heterocycles. The van der Waals surface area contributed by atoms with Gasteiger partial charge in [-0.2, -0.15) is 0 Å². The predicted molar refractivity (Wildman–Crippen MR) is 28.3 cm³/mol. The maximum Gasteiger partial charge on any atom is 1.00 e. The summed E-state index contributed by atoms with van der Waals surface area (Å²) in [6.07, 6.45) is 0. The number of carbonyl (C=O) groups excluding carboxylic acids is 2. The van der Waals surface area contributed by atoms with Crippen LogP contribution in [-0.4, -0.2) is 17.9 Å². The van der Waals surface area contributed by atoms with Gasteiger partial charge < -0.3 is 15.2 Å². The zero-order chi connectivity index (χ0) is 7.44. The number of hydrogen-bond donors (Lipinski definition) is 1. The molecule has 52 valence electrons. The minimum atomic E-state index is -1.27. The van der Waals surface area contributed by atoms with E-state index in [1.165, 1.54) is 13.8 Å². The molecule has 0 bridgehead atoms. The molecule has 0 rings (SSSR count). The monoisotopic (exact) mass is 153 g/mol. The first-order valence-electron chi connectivity index (χ1n) is 2.52. The molecule has 0 spiro atoms. The van der Waals surface area contributed by atoms with Crippen molar-refractivity contribution in [1.82, 2.24) is 5.32 Å². The molecule has 0 aromatic carbocycles. The van der Waals surface area contributed by atoms with Crippen LogP contribution in [0.1, 0.15) is 13.8 Å². The molecule has 10 heavy (non-hydrogen) atoms. The molecule has 1 N–H and O–H groups in total. The van der Waals surface area contributed by atoms with Gasteiger partial charge in [0.05, 0.1) is 12.0 Å². The van der Waals surface area contributed by atoms with Gasteiger partial charge in [-0.3, -0.25) is 4.79 Å². The van der Waals surface area contributed by atoms with Crippen molar-refractivity contribution in [2.24, 2.45) is 0 Å². The van der Waals surface area contributed by atoms with Crippen LogP contribution in [0.3, 0.4) is 0 Å². The summed E-state index contributed by atoms with van der Waals surface area (Å²) in [7, 11) is 0. The fraction of sp³-hybridized carbons (Fsp3) is 0.600. The zero-order valence-electron chi connectivity index (χ0n) is 6.30. The number of carbonyl (C=O) groups is 2. The Balaban J connectivity index is 0. The van der Waals surface area contributed by atoms with Crippen LogP contribution in [0.25, 0.3) is 0 Å². The van der Waals surface area contributed by atoms with E-state index in [0.717, 1.165) is 0 Å². The summed E-state index contributed by atoms with van der Waals surface area (Å²) in [5.41, 5.74) is 0. The van der Waals surface area contributed by atoms with Gasteiger partial charge in [0.15, 0.2) is 0 Å². The third-order valence-electron chi connectivity index (χ3n) is 0.773. The van der Waals surface area contributed by atoms with Crippen LogP contribution in [0.2, 0.25) is 0 Å². The Morgan fingerprint density at radius 3 is 2.00 bits per heavy atom. The van der Waals surface area contributed by atoms with Crippen molar-refractivity contribution in [2.75, 3.05) is 0 Å². The van der Waals surface area contributed by atoms with Gasteiger partial charge >= 0.3 is 29.6 Å². The van der Waals surface area contributed by atoms with E-state index in [2.05, 4.69) is 5.32 Å². The summed E-state index contributed by atoms with van der Waals surface area (Å²) < 4.78 is 0. The van der Waals surface area contributed by atoms with Crippen molar-refractivity contribution in [2.45, 2.75) is 19.9 Å². The van der Waals surface area contributed by atoms with Crippen molar-refractivity contribution in [3.63, 3.8) is 0 Å². The summed E-state index contributed by atoms with van der Waals surface area (Å²) in [5, 5.41) is 12.1. The van der Waals surface area contributed by atoms with E-state index in [1.807, 2.05) is 0 Å². The quantitative estimate of drug-likeness (QED) is 0.405. The number of carboxylic acids is 1. The second-order valence-electron chi connectivity index (χ2n) is 1.74. The van der Waals surface area contributed by atoms with Gasteiger partial charge in [0, 0.05) is 6.92 Å². The van der Waals surface area contributed by atoms with Crippen molar-refractivity contribution in [3.05, 3.63) is 0 Å². The van der Waals surface area contributed by atoms with E-state index >= 15 is 0 Å². The molecule has 5 heteroatoms. The summed E-state index contributed by atoms with van der Waals surface area (Å²) >= 11 is 0. The van der Waals surface area contributed by atoms with Gasteiger partial charge in [0.1, 0.15) is 0 Å². The number of rotatable bonds is 2. The van der Waals surface area contributed by atoms with Crippen LogP contribution in [0.5, 0.6) is 0 Å². The van der Waals surface area contributed by atoms with Crippen LogP contribution in [-0.2, 0) is 9.59 Å². The first-order valence-corrected chi connectivity index (χ1v) is 2.52. The predicted octanol–water partition coefficient (Wildman–Crippen LogP) is -4.74. The van der Waals surface area contributed by atoms with Gasteiger partial charge in [-0.15, -0.1) is 0 Å². The molecule has 0 unspecified atom stereocenters. The van der Waals surface area contributed by atoms with Gasteiger partial charge in [-0.1, -0.05) is 0 Å². The van der Waals surface area contributed by atoms with E-state index in [9.17, 15) is 14.7 Å². The number of aliphatic carboxylic acids is 1. The van der Waals surface area contributed by atoms with E-state index in [1.54, 1.807) is 0 Å². The standard InChI is InChI=1S/C5H9NO3.Na/c1-3(5(8)9)6-4(2)7;/h3H,1-2H3,(H,6,7)(H,8,9);/q;+1/p-1/t3-;/m0./s1. The topological polar surface area (TPSA) is 69.2 Å². The Morgan fingerprint density at radius 1 is 1.50 bits per heavy atom. The third kappa shape index (κ3) is 6.07. The van der Waals surface area contributed by atoms with Crippen LogP contribution in [0.15, 0.2) is 0 Å². The largest absolute Gasteiger partial charge is 1.00 e. The molecule has 0 aliphatic carbocycles. The van der Waals surface area contributed by atoms with Gasteiger partial charge in [0.25, 0.3) is 0 Å². The van der Waals surface area contributed by atoms with E-state index in [0.29, 0.717) is 0 Å². The molecule has 0 aromatic rings. The van der Waals surface area contributed by atoms with Crippen LogP contribution in [0.4, 0.5) is 0 Å². The van der Waals surface area contributed by atoms with Crippen molar-refractivity contribution in [3.8, 4) is 0 Å². The van der Waals surface area contributed by atoms with E-state index in [4.69, 9.17) is 0 Å². The molecule has 1 atom stereocenters. The van der Waals surface area contributed by atoms with Crippen LogP contribution < -0.4 is 40.0 Å². The number of nitrogens with one attached hydrogen (secondary N) is 1. The Kier molecular flexibility index (Phi) is 7.19. The Bertz CT molecular complexity index is 137. The molecule has 0 saturated carbocycles. The molecular formula is C5H8NNaO3. The molecule has 0 heterocycles. The second kappa shape index (κ2) is 5.70. The van der Waals surface area contributed by atoms with Gasteiger partial charge in [-0.05, 0) is 6.92 Å². The minimum Gasteiger partial charge on any atom is -0.548 e. The SMILES string of the molecule is CC(=O)N[C@@H](C)C(=O)[O-].[Na+]. The first kappa shape index (κ1) is 12.6. The number of hydrogen-bond acceptors (Lipinski definition) is 3. The molecule has 0 aliphatic rings.